The standard InChI is InChI=1S/C24H34N4O6/c1-26-22(31)18(11-9-15-29)28-23(32)17-10-8-12-19(21(17)24(28)33)34-16-20(30)27-14-7-5-3-2-4-6-13-25/h8,10,12,15,18H,2-7,9,11,13-14,16,25H2,1H3,(H,26,31)(H,27,30). The van der Waals surface area contributed by atoms with Gasteiger partial charge < -0.3 is 25.9 Å². The van der Waals surface area contributed by atoms with Crippen molar-refractivity contribution in [3.63, 3.8) is 0 Å². The van der Waals surface area contributed by atoms with E-state index in [9.17, 15) is 24.0 Å². The van der Waals surface area contributed by atoms with E-state index in [1.54, 1.807) is 6.07 Å². The summed E-state index contributed by atoms with van der Waals surface area (Å²) in [6, 6.07) is 3.40. The molecule has 0 saturated carbocycles. The molecule has 34 heavy (non-hydrogen) atoms. The Morgan fingerprint density at radius 3 is 2.47 bits per heavy atom. The molecule has 4 N–H and O–H groups in total. The van der Waals surface area contributed by atoms with Crippen LogP contribution in [0.4, 0.5) is 0 Å². The van der Waals surface area contributed by atoms with E-state index < -0.39 is 23.8 Å². The average Bonchev–Trinajstić information content (AvgIpc) is 3.10. The van der Waals surface area contributed by atoms with Crippen LogP contribution in [0.2, 0.25) is 0 Å². The molecule has 186 valence electrons. The number of fused-ring (bicyclic) bond motifs is 1. The van der Waals surface area contributed by atoms with E-state index in [0.717, 1.165) is 43.4 Å². The molecule has 1 aromatic carbocycles. The van der Waals surface area contributed by atoms with Gasteiger partial charge >= 0.3 is 0 Å². The van der Waals surface area contributed by atoms with Crippen LogP contribution in [0.15, 0.2) is 18.2 Å². The Morgan fingerprint density at radius 1 is 1.09 bits per heavy atom. The number of imide groups is 1. The molecule has 0 bridgehead atoms. The summed E-state index contributed by atoms with van der Waals surface area (Å²) in [7, 11) is 1.39. The highest BCUT2D eigenvalue weighted by molar-refractivity contribution is 6.24. The number of benzene rings is 1. The van der Waals surface area contributed by atoms with Crippen LogP contribution in [0.5, 0.6) is 5.75 Å². The lowest BCUT2D eigenvalue weighted by molar-refractivity contribution is -0.125. The van der Waals surface area contributed by atoms with Gasteiger partial charge in [0.2, 0.25) is 5.91 Å². The minimum atomic E-state index is -1.12. The molecule has 0 fully saturated rings. The fraction of sp³-hybridized carbons (Fsp3) is 0.542. The van der Waals surface area contributed by atoms with E-state index in [1.165, 1.54) is 19.2 Å². The molecule has 10 nitrogen and oxygen atoms in total. The molecule has 0 spiro atoms. The Hall–Kier alpha value is -3.27. The maximum atomic E-state index is 13.1. The van der Waals surface area contributed by atoms with Crippen molar-refractivity contribution in [1.29, 1.82) is 0 Å². The van der Waals surface area contributed by atoms with Gasteiger partial charge in [-0.2, -0.15) is 0 Å². The molecule has 0 aliphatic carbocycles. The lowest BCUT2D eigenvalue weighted by atomic mass is 10.1. The summed E-state index contributed by atoms with van der Waals surface area (Å²) in [5.74, 6) is -2.10. The molecular weight excluding hydrogens is 440 g/mol. The Morgan fingerprint density at radius 2 is 1.79 bits per heavy atom. The average molecular weight is 475 g/mol. The van der Waals surface area contributed by atoms with Crippen LogP contribution in [0.3, 0.4) is 0 Å². The molecular formula is C24H34N4O6. The molecule has 0 saturated heterocycles. The zero-order valence-corrected chi connectivity index (χ0v) is 19.6. The van der Waals surface area contributed by atoms with Crippen molar-refractivity contribution in [2.45, 2.75) is 57.4 Å². The number of nitrogens with zero attached hydrogens (tertiary/aromatic N) is 1. The molecule has 1 aromatic rings. The highest BCUT2D eigenvalue weighted by atomic mass is 16.5. The van der Waals surface area contributed by atoms with E-state index in [0.29, 0.717) is 19.4 Å². The first-order chi connectivity index (χ1) is 16.5. The predicted molar refractivity (Wildman–Crippen MR) is 125 cm³/mol. The van der Waals surface area contributed by atoms with Crippen LogP contribution in [0.1, 0.15) is 72.1 Å². The minimum absolute atomic E-state index is 0.0118. The number of likely N-dealkylation sites (N-methyl/N-ethyl adjacent to an activating group) is 1. The van der Waals surface area contributed by atoms with Crippen LogP contribution in [0.25, 0.3) is 0 Å². The number of amides is 4. The van der Waals surface area contributed by atoms with E-state index >= 15 is 0 Å². The van der Waals surface area contributed by atoms with Crippen LogP contribution < -0.4 is 21.1 Å². The summed E-state index contributed by atoms with van der Waals surface area (Å²) < 4.78 is 5.57. The van der Waals surface area contributed by atoms with Gasteiger partial charge in [0.25, 0.3) is 17.7 Å². The molecule has 1 unspecified atom stereocenters. The predicted octanol–water partition coefficient (Wildman–Crippen LogP) is 1.17. The second kappa shape index (κ2) is 14.1. The number of carbonyl (C=O) groups excluding carboxylic acids is 5. The minimum Gasteiger partial charge on any atom is -0.483 e. The van der Waals surface area contributed by atoms with Crippen molar-refractivity contribution in [1.82, 2.24) is 15.5 Å². The van der Waals surface area contributed by atoms with Gasteiger partial charge in [0.05, 0.1) is 11.1 Å². The van der Waals surface area contributed by atoms with Crippen LogP contribution in [-0.4, -0.2) is 67.6 Å². The van der Waals surface area contributed by atoms with Crippen molar-refractivity contribution >= 4 is 29.9 Å². The van der Waals surface area contributed by atoms with Gasteiger partial charge in [-0.05, 0) is 37.9 Å². The van der Waals surface area contributed by atoms with Gasteiger partial charge in [0.1, 0.15) is 18.1 Å². The Balaban J connectivity index is 1.94. The molecule has 1 aliphatic heterocycles. The SMILES string of the molecule is CNC(=O)C(CCC=O)N1C(=O)c2cccc(OCC(=O)NCCCCCCCCN)c2C1=O. The molecule has 0 radical (unpaired) electrons. The number of rotatable bonds is 16. The van der Waals surface area contributed by atoms with Crippen molar-refractivity contribution in [2.24, 2.45) is 5.73 Å². The smallest absolute Gasteiger partial charge is 0.266 e. The highest BCUT2D eigenvalue weighted by Gasteiger charge is 2.44. The zero-order chi connectivity index (χ0) is 24.9. The normalized spacial score (nSPS) is 13.4. The van der Waals surface area contributed by atoms with Crippen molar-refractivity contribution in [3.05, 3.63) is 29.3 Å². The van der Waals surface area contributed by atoms with Gasteiger partial charge in [-0.1, -0.05) is 31.7 Å². The summed E-state index contributed by atoms with van der Waals surface area (Å²) in [6.07, 6.45) is 6.92. The van der Waals surface area contributed by atoms with Gasteiger partial charge in [0.15, 0.2) is 6.61 Å². The second-order valence-electron chi connectivity index (χ2n) is 8.08. The number of hydrogen-bond acceptors (Lipinski definition) is 7. The van der Waals surface area contributed by atoms with Crippen LogP contribution >= 0.6 is 0 Å². The molecule has 4 amide bonds. The number of ether oxygens (including phenoxy) is 1. The number of hydrogen-bond donors (Lipinski definition) is 3. The zero-order valence-electron chi connectivity index (χ0n) is 19.6. The lowest BCUT2D eigenvalue weighted by Gasteiger charge is -2.24. The first kappa shape index (κ1) is 27.0. The fourth-order valence-corrected chi connectivity index (χ4v) is 3.84. The first-order valence-corrected chi connectivity index (χ1v) is 11.7. The molecule has 2 rings (SSSR count). The van der Waals surface area contributed by atoms with Crippen molar-refractivity contribution < 1.29 is 28.7 Å². The third kappa shape index (κ3) is 7.11. The Kier molecular flexibility index (Phi) is 11.2. The summed E-state index contributed by atoms with van der Waals surface area (Å²) in [4.78, 5) is 62.1. The fourth-order valence-electron chi connectivity index (χ4n) is 3.84. The van der Waals surface area contributed by atoms with E-state index in [1.807, 2.05) is 0 Å². The first-order valence-electron chi connectivity index (χ1n) is 11.7. The molecule has 1 atom stereocenters. The molecule has 10 heteroatoms. The monoisotopic (exact) mass is 474 g/mol. The Labute approximate surface area is 199 Å². The van der Waals surface area contributed by atoms with E-state index in [4.69, 9.17) is 10.5 Å². The van der Waals surface area contributed by atoms with Gasteiger partial charge in [-0.25, -0.2) is 0 Å². The summed E-state index contributed by atoms with van der Waals surface area (Å²) in [5.41, 5.74) is 5.58. The maximum Gasteiger partial charge on any atom is 0.266 e. The molecule has 1 aliphatic rings. The van der Waals surface area contributed by atoms with Gasteiger partial charge in [0, 0.05) is 20.0 Å². The number of unbranched alkanes of at least 4 members (excludes halogenated alkanes) is 5. The number of nitrogens with one attached hydrogen (secondary N) is 2. The van der Waals surface area contributed by atoms with Crippen molar-refractivity contribution in [3.8, 4) is 5.75 Å². The highest BCUT2D eigenvalue weighted by Crippen LogP contribution is 2.33. The van der Waals surface area contributed by atoms with Crippen LogP contribution in [-0.2, 0) is 14.4 Å². The largest absolute Gasteiger partial charge is 0.483 e. The summed E-state index contributed by atoms with van der Waals surface area (Å²) in [5, 5.41) is 5.21. The van der Waals surface area contributed by atoms with Gasteiger partial charge in [-0.15, -0.1) is 0 Å². The third-order valence-corrected chi connectivity index (χ3v) is 5.64. The van der Waals surface area contributed by atoms with Crippen molar-refractivity contribution in [2.75, 3.05) is 26.7 Å². The van der Waals surface area contributed by atoms with Gasteiger partial charge in [-0.3, -0.25) is 24.1 Å². The van der Waals surface area contributed by atoms with Crippen LogP contribution in [0, 0.1) is 0 Å². The quantitative estimate of drug-likeness (QED) is 0.185. The maximum absolute atomic E-state index is 13.1. The summed E-state index contributed by atoms with van der Waals surface area (Å²) >= 11 is 0. The number of carbonyl (C=O) groups is 5. The second-order valence-corrected chi connectivity index (χ2v) is 8.08. The number of nitrogens with two attached hydrogens (primary N) is 1. The third-order valence-electron chi connectivity index (χ3n) is 5.64. The van der Waals surface area contributed by atoms with E-state index in [2.05, 4.69) is 10.6 Å². The summed E-state index contributed by atoms with van der Waals surface area (Å²) in [6.45, 7) is 0.938. The molecule has 1 heterocycles. The molecule has 0 aromatic heterocycles. The lowest BCUT2D eigenvalue weighted by Crippen LogP contribution is -2.48. The van der Waals surface area contributed by atoms with E-state index in [-0.39, 0.29) is 42.2 Å². The topological polar surface area (TPSA) is 148 Å². The number of aldehydes is 1. The Bertz CT molecular complexity index is 888.